The van der Waals surface area contributed by atoms with Gasteiger partial charge in [-0.15, -0.1) is 11.3 Å². The number of thiazole rings is 1. The van der Waals surface area contributed by atoms with Gasteiger partial charge in [0.05, 0.1) is 10.8 Å². The minimum atomic E-state index is -1.02. The Kier molecular flexibility index (Phi) is 5.94. The number of hydrogen-bond donors (Lipinski definition) is 1. The summed E-state index contributed by atoms with van der Waals surface area (Å²) in [4.78, 5) is 4.58. The van der Waals surface area contributed by atoms with E-state index in [0.29, 0.717) is 45.3 Å². The van der Waals surface area contributed by atoms with Crippen LogP contribution in [-0.4, -0.2) is 34.0 Å². The molecule has 0 spiro atoms. The van der Waals surface area contributed by atoms with E-state index >= 15 is 0 Å². The molecule has 4 aliphatic rings. The number of aromatic nitrogens is 1. The second-order valence-corrected chi connectivity index (χ2v) is 12.6. The monoisotopic (exact) mass is 558 g/mol. The van der Waals surface area contributed by atoms with Gasteiger partial charge in [0.15, 0.2) is 0 Å². The molecule has 2 aromatic carbocycles. The van der Waals surface area contributed by atoms with Crippen LogP contribution in [0.3, 0.4) is 0 Å². The van der Waals surface area contributed by atoms with Gasteiger partial charge in [0.25, 0.3) is 5.69 Å². The zero-order chi connectivity index (χ0) is 25.3. The highest BCUT2D eigenvalue weighted by molar-refractivity contribution is 7.18. The van der Waals surface area contributed by atoms with Gasteiger partial charge in [-0.25, -0.2) is 9.37 Å². The van der Waals surface area contributed by atoms with Crippen LogP contribution in [0.25, 0.3) is 10.2 Å². The maximum Gasteiger partial charge on any atom is 0.274 e. The number of para-hydroxylation sites is 2. The van der Waals surface area contributed by atoms with Crippen molar-refractivity contribution >= 4 is 50.4 Å². The minimum Gasteiger partial charge on any atom is -0.382 e. The van der Waals surface area contributed by atoms with E-state index in [-0.39, 0.29) is 23.8 Å². The Bertz CT molecular complexity index is 1430. The fourth-order valence-electron chi connectivity index (χ4n) is 6.58. The molecule has 5 nitrogen and oxygen atoms in total. The molecule has 3 aromatic rings. The third-order valence-corrected chi connectivity index (χ3v) is 10.4. The lowest BCUT2D eigenvalue weighted by Gasteiger charge is -2.41. The smallest absolute Gasteiger partial charge is 0.274 e. The second kappa shape index (κ2) is 9.09. The van der Waals surface area contributed by atoms with Gasteiger partial charge in [-0.1, -0.05) is 35.3 Å². The summed E-state index contributed by atoms with van der Waals surface area (Å²) < 4.78 is 23.6. The van der Waals surface area contributed by atoms with Crippen LogP contribution in [0.15, 0.2) is 52.8 Å². The molecule has 37 heavy (non-hydrogen) atoms. The molecule has 2 bridgehead atoms. The normalized spacial score (nSPS) is 29.4. The van der Waals surface area contributed by atoms with Crippen LogP contribution in [-0.2, 0) is 10.3 Å². The third-order valence-electron chi connectivity index (χ3n) is 8.60. The van der Waals surface area contributed by atoms with Crippen LogP contribution < -0.4 is 0 Å². The quantitative estimate of drug-likeness (QED) is 0.316. The molecule has 2 heterocycles. The van der Waals surface area contributed by atoms with Gasteiger partial charge in [0, 0.05) is 5.57 Å². The van der Waals surface area contributed by atoms with Crippen LogP contribution >= 0.6 is 34.5 Å². The third kappa shape index (κ3) is 3.97. The molecule has 3 fully saturated rings. The molecule has 7 rings (SSSR count). The van der Waals surface area contributed by atoms with Crippen molar-refractivity contribution in [2.24, 2.45) is 22.9 Å². The molecular formula is C28H27Cl2FN3O2S+. The number of rotatable bonds is 6. The van der Waals surface area contributed by atoms with Gasteiger partial charge in [-0.3, -0.25) is 0 Å². The Morgan fingerprint density at radius 1 is 1.05 bits per heavy atom. The summed E-state index contributed by atoms with van der Waals surface area (Å²) in [6, 6.07) is 10.5. The Hall–Kier alpha value is -1.90. The topological polar surface area (TPSA) is 57.7 Å². The van der Waals surface area contributed by atoms with Crippen molar-refractivity contribution in [3.8, 4) is 0 Å². The molecule has 0 saturated heterocycles. The predicted molar refractivity (Wildman–Crippen MR) is 142 cm³/mol. The Labute approximate surface area is 228 Å². The summed E-state index contributed by atoms with van der Waals surface area (Å²) in [6.07, 6.45) is 5.74. The minimum absolute atomic E-state index is 0.0287. The van der Waals surface area contributed by atoms with E-state index in [1.54, 1.807) is 6.07 Å². The van der Waals surface area contributed by atoms with Crippen LogP contribution in [0.5, 0.6) is 0 Å². The fraction of sp³-hybridized carbons (Fsp3) is 0.464. The summed E-state index contributed by atoms with van der Waals surface area (Å²) >= 11 is 14.5. The molecule has 9 heteroatoms. The zero-order valence-electron chi connectivity index (χ0n) is 20.2. The summed E-state index contributed by atoms with van der Waals surface area (Å²) in [6.45, 7) is 1.08. The van der Waals surface area contributed by atoms with Crippen molar-refractivity contribution < 1.29 is 18.9 Å². The Balaban J connectivity index is 1.12. The largest absolute Gasteiger partial charge is 0.382 e. The number of aliphatic hydroxyl groups is 1. The summed E-state index contributed by atoms with van der Waals surface area (Å²) in [5.41, 5.74) is 2.42. The van der Waals surface area contributed by atoms with Gasteiger partial charge < -0.3 is 9.84 Å². The number of hydrogen-bond acceptors (Lipinski definition) is 5. The maximum atomic E-state index is 14.3. The van der Waals surface area contributed by atoms with E-state index in [4.69, 9.17) is 33.1 Å². The molecule has 1 aliphatic heterocycles. The molecule has 0 amide bonds. The highest BCUT2D eigenvalue weighted by Gasteiger charge is 2.56. The Morgan fingerprint density at radius 2 is 1.76 bits per heavy atom. The van der Waals surface area contributed by atoms with Crippen molar-refractivity contribution in [2.75, 3.05) is 13.2 Å². The number of azo groups is 2. The average Bonchev–Trinajstić information content (AvgIpc) is 3.45. The maximum absolute atomic E-state index is 14.3. The van der Waals surface area contributed by atoms with Crippen LogP contribution in [0.2, 0.25) is 10.0 Å². The first-order chi connectivity index (χ1) is 17.9. The highest BCUT2D eigenvalue weighted by atomic mass is 35.5. The van der Waals surface area contributed by atoms with Crippen molar-refractivity contribution in [1.82, 2.24) is 4.98 Å². The molecule has 3 aliphatic carbocycles. The van der Waals surface area contributed by atoms with Gasteiger partial charge in [-0.2, -0.15) is 0 Å². The molecule has 0 radical (unpaired) electrons. The predicted octanol–water partition coefficient (Wildman–Crippen LogP) is 7.61. The fourth-order valence-corrected chi connectivity index (χ4v) is 8.36. The molecule has 1 N–H and O–H groups in total. The van der Waals surface area contributed by atoms with Crippen LogP contribution in [0.1, 0.15) is 43.5 Å². The van der Waals surface area contributed by atoms with Crippen LogP contribution in [0, 0.1) is 23.6 Å². The Morgan fingerprint density at radius 3 is 2.43 bits per heavy atom. The molecule has 2 unspecified atom stereocenters. The van der Waals surface area contributed by atoms with Crippen LogP contribution in [0.4, 0.5) is 10.1 Å². The van der Waals surface area contributed by atoms with Gasteiger partial charge >= 0.3 is 0 Å². The van der Waals surface area contributed by atoms with Crippen molar-refractivity contribution in [3.63, 3.8) is 0 Å². The number of nitrogens with zero attached hydrogens (tertiary/aromatic N) is 3. The van der Waals surface area contributed by atoms with Gasteiger partial charge in [0.1, 0.15) is 45.1 Å². The van der Waals surface area contributed by atoms with Gasteiger partial charge in [-0.05, 0) is 90.4 Å². The highest BCUT2D eigenvalue weighted by Crippen LogP contribution is 2.57. The van der Waals surface area contributed by atoms with E-state index in [1.807, 2.05) is 29.0 Å². The van der Waals surface area contributed by atoms with Crippen molar-refractivity contribution in [2.45, 2.75) is 50.2 Å². The lowest BCUT2D eigenvalue weighted by Crippen LogP contribution is -2.44. The number of ether oxygens (including phenoxy) is 1. The molecule has 3 saturated carbocycles. The standard InChI is InChI=1S/C28H27Cl2FN3O2S/c29-20-3-1-4-21(30)26(20)34-23(19(13-32-34)15-7-8-15)14-36-18-11-16-9-10-17(12-18)28(16,35)27-33-25-22(31)5-2-6-24(25)37-27/h1-6,15-18,35H,7-14H2/q+1/t16-,17+,18?,28?. The van der Waals surface area contributed by atoms with E-state index in [9.17, 15) is 9.50 Å². The van der Waals surface area contributed by atoms with E-state index in [0.717, 1.165) is 36.1 Å². The van der Waals surface area contributed by atoms with Gasteiger partial charge in [0.2, 0.25) is 5.70 Å². The summed E-state index contributed by atoms with van der Waals surface area (Å²) in [5.74, 6) is 0.303. The SMILES string of the molecule is OC1(c2nc3c(F)cccc3s2)[C@@H]2CC[C@H]1CC(OCC1=C(C3CC3)CN=[N+]1c1c(Cl)cccc1Cl)C2. The van der Waals surface area contributed by atoms with Crippen molar-refractivity contribution in [1.29, 1.82) is 0 Å². The summed E-state index contributed by atoms with van der Waals surface area (Å²) in [7, 11) is 0. The first-order valence-corrected chi connectivity index (χ1v) is 14.5. The van der Waals surface area contributed by atoms with E-state index in [1.165, 1.54) is 35.8 Å². The lowest BCUT2D eigenvalue weighted by atomic mass is 9.73. The number of benzene rings is 2. The average molecular weight is 560 g/mol. The molecular weight excluding hydrogens is 532 g/mol. The molecule has 4 atom stereocenters. The molecule has 1 aromatic heterocycles. The van der Waals surface area contributed by atoms with E-state index in [2.05, 4.69) is 4.98 Å². The zero-order valence-corrected chi connectivity index (χ0v) is 22.5. The summed E-state index contributed by atoms with van der Waals surface area (Å²) in [5, 5.41) is 18.5. The second-order valence-electron chi connectivity index (χ2n) is 10.7. The van der Waals surface area contributed by atoms with E-state index < -0.39 is 5.60 Å². The number of fused-ring (bicyclic) bond motifs is 3. The number of halogens is 3. The van der Waals surface area contributed by atoms with Crippen molar-refractivity contribution in [3.05, 3.63) is 68.5 Å². The first kappa shape index (κ1) is 24.2. The molecule has 192 valence electrons. The lowest BCUT2D eigenvalue weighted by molar-refractivity contribution is -0.460. The first-order valence-electron chi connectivity index (χ1n) is 13.0.